The molecule has 4 saturated carbocycles. The second-order valence-electron chi connectivity index (χ2n) is 13.8. The molecule has 1 amide bonds. The standard InChI is InChI=1S/C32H52N2O3/c1-6-21(2)30(36)37-24-14-16-31(4)23(20-24)9-10-25-27-12-11-26(32(27,5)17-15-28(25)31)22(3)8-13-29(35)34-19-7-18-33/h21-28H,6-17,19-20H2,1-5H3,(H,34,35). The highest BCUT2D eigenvalue weighted by molar-refractivity contribution is 5.75. The van der Waals surface area contributed by atoms with Gasteiger partial charge in [0.15, 0.2) is 0 Å². The van der Waals surface area contributed by atoms with Crippen molar-refractivity contribution in [2.45, 2.75) is 124 Å². The highest BCUT2D eigenvalue weighted by Gasteiger charge is 2.60. The molecular weight excluding hydrogens is 460 g/mol. The van der Waals surface area contributed by atoms with E-state index < -0.39 is 0 Å². The van der Waals surface area contributed by atoms with Gasteiger partial charge in [-0.2, -0.15) is 5.26 Å². The normalized spacial score (nSPS) is 40.3. The average Bonchev–Trinajstić information content (AvgIpc) is 3.24. The van der Waals surface area contributed by atoms with Crippen molar-refractivity contribution in [2.75, 3.05) is 6.54 Å². The molecule has 0 heterocycles. The number of rotatable bonds is 9. The molecule has 4 aliphatic rings. The third kappa shape index (κ3) is 5.60. The molecule has 4 fully saturated rings. The molecule has 0 bridgehead atoms. The van der Waals surface area contributed by atoms with Gasteiger partial charge in [0.05, 0.1) is 18.4 Å². The maximum Gasteiger partial charge on any atom is 0.308 e. The van der Waals surface area contributed by atoms with E-state index in [1.165, 1.54) is 44.9 Å². The van der Waals surface area contributed by atoms with Gasteiger partial charge < -0.3 is 10.1 Å². The van der Waals surface area contributed by atoms with Crippen molar-refractivity contribution in [1.82, 2.24) is 5.32 Å². The fourth-order valence-electron chi connectivity index (χ4n) is 9.65. The van der Waals surface area contributed by atoms with Gasteiger partial charge in [-0.05, 0) is 117 Å². The monoisotopic (exact) mass is 512 g/mol. The van der Waals surface area contributed by atoms with E-state index in [1.54, 1.807) is 0 Å². The zero-order valence-electron chi connectivity index (χ0n) is 24.2. The largest absolute Gasteiger partial charge is 0.462 e. The first kappa shape index (κ1) is 28.4. The van der Waals surface area contributed by atoms with Gasteiger partial charge in [-0.25, -0.2) is 0 Å². The van der Waals surface area contributed by atoms with E-state index >= 15 is 0 Å². The predicted octanol–water partition coefficient (Wildman–Crippen LogP) is 7.05. The summed E-state index contributed by atoms with van der Waals surface area (Å²) in [5, 5.41) is 11.6. The Morgan fingerprint density at radius 2 is 1.76 bits per heavy atom. The van der Waals surface area contributed by atoms with Crippen molar-refractivity contribution in [3.8, 4) is 6.07 Å². The quantitative estimate of drug-likeness (QED) is 0.265. The number of hydrogen-bond donors (Lipinski definition) is 1. The second-order valence-corrected chi connectivity index (χ2v) is 13.8. The Kier molecular flexibility index (Phi) is 8.97. The number of esters is 1. The molecule has 5 heteroatoms. The SMILES string of the molecule is CCC(C)C(=O)OC1CCC2(C)C(CCC3C2CCC2(C)C(C(C)CCC(=O)NCCC#N)CCC32)C1. The van der Waals surface area contributed by atoms with E-state index in [0.717, 1.165) is 43.4 Å². The number of carbonyl (C=O) groups is 2. The maximum atomic E-state index is 12.4. The summed E-state index contributed by atoms with van der Waals surface area (Å²) in [6.45, 7) is 12.1. The fraction of sp³-hybridized carbons (Fsp3) is 0.906. The molecule has 0 aliphatic heterocycles. The van der Waals surface area contributed by atoms with Crippen LogP contribution in [0.3, 0.4) is 0 Å². The van der Waals surface area contributed by atoms with Crippen molar-refractivity contribution >= 4 is 11.9 Å². The van der Waals surface area contributed by atoms with E-state index in [0.29, 0.717) is 48.0 Å². The first-order valence-corrected chi connectivity index (χ1v) is 15.5. The second kappa shape index (κ2) is 11.7. The van der Waals surface area contributed by atoms with Crippen LogP contribution in [0, 0.1) is 63.6 Å². The van der Waals surface area contributed by atoms with Gasteiger partial charge in [0.25, 0.3) is 0 Å². The first-order valence-electron chi connectivity index (χ1n) is 15.5. The van der Waals surface area contributed by atoms with Crippen molar-refractivity contribution in [2.24, 2.45) is 52.3 Å². The van der Waals surface area contributed by atoms with Gasteiger partial charge in [0, 0.05) is 13.0 Å². The lowest BCUT2D eigenvalue weighted by atomic mass is 9.44. The third-order valence-corrected chi connectivity index (χ3v) is 12.1. The van der Waals surface area contributed by atoms with Gasteiger partial charge in [-0.15, -0.1) is 0 Å². The number of nitrogens with one attached hydrogen (secondary N) is 1. The van der Waals surface area contributed by atoms with Crippen LogP contribution in [0.1, 0.15) is 118 Å². The molecule has 10 atom stereocenters. The van der Waals surface area contributed by atoms with Crippen LogP contribution in [0.25, 0.3) is 0 Å². The summed E-state index contributed by atoms with van der Waals surface area (Å²) in [7, 11) is 0. The number of hydrogen-bond acceptors (Lipinski definition) is 4. The van der Waals surface area contributed by atoms with E-state index in [1.807, 2.05) is 6.92 Å². The van der Waals surface area contributed by atoms with Gasteiger partial charge >= 0.3 is 5.97 Å². The molecule has 4 rings (SSSR count). The van der Waals surface area contributed by atoms with Crippen LogP contribution in [0.4, 0.5) is 0 Å². The lowest BCUT2D eigenvalue weighted by Gasteiger charge is -2.61. The van der Waals surface area contributed by atoms with E-state index in [9.17, 15) is 9.59 Å². The van der Waals surface area contributed by atoms with E-state index in [4.69, 9.17) is 10.00 Å². The van der Waals surface area contributed by atoms with Crippen LogP contribution in [0.2, 0.25) is 0 Å². The predicted molar refractivity (Wildman–Crippen MR) is 146 cm³/mol. The number of fused-ring (bicyclic) bond motifs is 5. The lowest BCUT2D eigenvalue weighted by Crippen LogP contribution is -2.54. The maximum absolute atomic E-state index is 12.4. The molecule has 10 unspecified atom stereocenters. The Hall–Kier alpha value is -1.57. The molecular formula is C32H52N2O3. The summed E-state index contributed by atoms with van der Waals surface area (Å²) in [5.41, 5.74) is 0.804. The summed E-state index contributed by atoms with van der Waals surface area (Å²) >= 11 is 0. The minimum absolute atomic E-state index is 0.00369. The van der Waals surface area contributed by atoms with Crippen molar-refractivity contribution in [3.05, 3.63) is 0 Å². The molecule has 0 aromatic heterocycles. The Morgan fingerprint density at radius 3 is 2.49 bits per heavy atom. The molecule has 208 valence electrons. The summed E-state index contributed by atoms with van der Waals surface area (Å²) in [6, 6.07) is 2.09. The van der Waals surface area contributed by atoms with Crippen LogP contribution in [-0.4, -0.2) is 24.5 Å². The number of ether oxygens (including phenoxy) is 1. The summed E-state index contributed by atoms with van der Waals surface area (Å²) in [6.07, 6.45) is 14.2. The van der Waals surface area contributed by atoms with Crippen LogP contribution >= 0.6 is 0 Å². The number of amides is 1. The van der Waals surface area contributed by atoms with Gasteiger partial charge in [0.1, 0.15) is 6.10 Å². The third-order valence-electron chi connectivity index (χ3n) is 12.1. The Morgan fingerprint density at radius 1 is 1.03 bits per heavy atom. The number of nitriles is 1. The lowest BCUT2D eigenvalue weighted by molar-refractivity contribution is -0.166. The summed E-state index contributed by atoms with van der Waals surface area (Å²) < 4.78 is 5.99. The highest BCUT2D eigenvalue weighted by Crippen LogP contribution is 2.68. The number of carbonyl (C=O) groups excluding carboxylic acids is 2. The Bertz CT molecular complexity index is 867. The van der Waals surface area contributed by atoms with Crippen LogP contribution in [0.5, 0.6) is 0 Å². The Labute approximate surface area is 225 Å². The van der Waals surface area contributed by atoms with Crippen LogP contribution in [-0.2, 0) is 14.3 Å². The van der Waals surface area contributed by atoms with Gasteiger partial charge in [-0.1, -0.05) is 34.6 Å². The molecule has 1 N–H and O–H groups in total. The minimum Gasteiger partial charge on any atom is -0.462 e. The molecule has 37 heavy (non-hydrogen) atoms. The molecule has 5 nitrogen and oxygen atoms in total. The Balaban J connectivity index is 1.36. The van der Waals surface area contributed by atoms with Crippen molar-refractivity contribution in [3.63, 3.8) is 0 Å². The zero-order valence-corrected chi connectivity index (χ0v) is 24.2. The number of nitrogens with zero attached hydrogens (tertiary/aromatic N) is 1. The highest BCUT2D eigenvalue weighted by atomic mass is 16.5. The molecule has 0 aromatic rings. The summed E-state index contributed by atoms with van der Waals surface area (Å²) in [4.78, 5) is 24.7. The average molecular weight is 513 g/mol. The molecule has 0 saturated heterocycles. The first-order chi connectivity index (χ1) is 17.6. The van der Waals surface area contributed by atoms with E-state index in [-0.39, 0.29) is 23.9 Å². The van der Waals surface area contributed by atoms with Crippen molar-refractivity contribution < 1.29 is 14.3 Å². The van der Waals surface area contributed by atoms with Gasteiger partial charge in [0.2, 0.25) is 5.91 Å². The molecule has 4 aliphatic carbocycles. The van der Waals surface area contributed by atoms with Crippen molar-refractivity contribution in [1.29, 1.82) is 5.26 Å². The molecule has 0 radical (unpaired) electrons. The van der Waals surface area contributed by atoms with Gasteiger partial charge in [-0.3, -0.25) is 9.59 Å². The summed E-state index contributed by atoms with van der Waals surface area (Å²) in [5.74, 6) is 4.56. The van der Waals surface area contributed by atoms with Crippen LogP contribution in [0.15, 0.2) is 0 Å². The topological polar surface area (TPSA) is 79.2 Å². The molecule has 0 spiro atoms. The molecule has 0 aromatic carbocycles. The smallest absolute Gasteiger partial charge is 0.308 e. The zero-order chi connectivity index (χ0) is 26.8. The van der Waals surface area contributed by atoms with E-state index in [2.05, 4.69) is 39.1 Å². The van der Waals surface area contributed by atoms with Crippen LogP contribution < -0.4 is 5.32 Å². The minimum atomic E-state index is 0.00369. The fourth-order valence-corrected chi connectivity index (χ4v) is 9.65.